The van der Waals surface area contributed by atoms with Crippen LogP contribution in [0.2, 0.25) is 0 Å². The molecule has 1 saturated heterocycles. The Labute approximate surface area is 124 Å². The molecule has 0 N–H and O–H groups in total. The van der Waals surface area contributed by atoms with E-state index >= 15 is 0 Å². The zero-order chi connectivity index (χ0) is 14.8. The molecular formula is C17H20N2O2. The third-order valence-corrected chi connectivity index (χ3v) is 4.12. The molecule has 4 heteroatoms. The fraction of sp³-hybridized carbons (Fsp3) is 0.412. The summed E-state index contributed by atoms with van der Waals surface area (Å²) in [6.07, 6.45) is 1.92. The van der Waals surface area contributed by atoms with Gasteiger partial charge in [0.25, 0.3) is 0 Å². The van der Waals surface area contributed by atoms with Crippen LogP contribution in [0.1, 0.15) is 18.5 Å². The molecule has 1 aromatic carbocycles. The summed E-state index contributed by atoms with van der Waals surface area (Å²) in [4.78, 5) is 18.7. The summed E-state index contributed by atoms with van der Waals surface area (Å²) in [5.41, 5.74) is 3.18. The predicted octanol–water partition coefficient (Wildman–Crippen LogP) is 2.93. The SMILES string of the molecule is COC(=O)C1CCCN(c2cc(C)nc3ccccc23)C1. The van der Waals surface area contributed by atoms with Crippen LogP contribution in [0.25, 0.3) is 10.9 Å². The van der Waals surface area contributed by atoms with E-state index in [0.29, 0.717) is 0 Å². The van der Waals surface area contributed by atoms with E-state index in [2.05, 4.69) is 22.0 Å². The van der Waals surface area contributed by atoms with E-state index in [4.69, 9.17) is 4.74 Å². The molecule has 0 spiro atoms. The Kier molecular flexibility index (Phi) is 3.78. The zero-order valence-electron chi connectivity index (χ0n) is 12.5. The number of hydrogen-bond donors (Lipinski definition) is 0. The fourth-order valence-electron chi connectivity index (χ4n) is 3.10. The number of ether oxygens (including phenoxy) is 1. The maximum atomic E-state index is 11.8. The number of benzene rings is 1. The molecule has 0 aliphatic carbocycles. The zero-order valence-corrected chi connectivity index (χ0v) is 12.5. The Balaban J connectivity index is 1.98. The van der Waals surface area contributed by atoms with E-state index in [1.807, 2.05) is 25.1 Å². The molecule has 0 saturated carbocycles. The standard InChI is InChI=1S/C17H20N2O2/c1-12-10-16(14-7-3-4-8-15(14)18-12)19-9-5-6-13(11-19)17(20)21-2/h3-4,7-8,10,13H,5-6,9,11H2,1-2H3. The lowest BCUT2D eigenvalue weighted by molar-refractivity contribution is -0.145. The molecule has 1 aliphatic heterocycles. The highest BCUT2D eigenvalue weighted by Gasteiger charge is 2.27. The lowest BCUT2D eigenvalue weighted by atomic mass is 9.97. The average molecular weight is 284 g/mol. The van der Waals surface area contributed by atoms with E-state index in [1.54, 1.807) is 0 Å². The summed E-state index contributed by atoms with van der Waals surface area (Å²) in [7, 11) is 1.47. The van der Waals surface area contributed by atoms with E-state index < -0.39 is 0 Å². The highest BCUT2D eigenvalue weighted by Crippen LogP contribution is 2.30. The Hall–Kier alpha value is -2.10. The molecule has 2 heterocycles. The number of carbonyl (C=O) groups is 1. The number of hydrogen-bond acceptors (Lipinski definition) is 4. The van der Waals surface area contributed by atoms with Gasteiger partial charge in [-0.15, -0.1) is 0 Å². The van der Waals surface area contributed by atoms with Crippen molar-refractivity contribution < 1.29 is 9.53 Å². The summed E-state index contributed by atoms with van der Waals surface area (Å²) in [5, 5.41) is 1.15. The van der Waals surface area contributed by atoms with Gasteiger partial charge in [-0.1, -0.05) is 18.2 Å². The van der Waals surface area contributed by atoms with Gasteiger partial charge in [0.2, 0.25) is 0 Å². The minimum absolute atomic E-state index is 0.0315. The van der Waals surface area contributed by atoms with Crippen molar-refractivity contribution in [2.24, 2.45) is 5.92 Å². The van der Waals surface area contributed by atoms with Crippen LogP contribution in [-0.2, 0) is 9.53 Å². The fourth-order valence-corrected chi connectivity index (χ4v) is 3.10. The molecule has 0 amide bonds. The van der Waals surface area contributed by atoms with E-state index in [1.165, 1.54) is 12.8 Å². The Bertz CT molecular complexity index is 669. The first-order valence-corrected chi connectivity index (χ1v) is 7.38. The molecule has 3 rings (SSSR count). The highest BCUT2D eigenvalue weighted by molar-refractivity contribution is 5.92. The number of aromatic nitrogens is 1. The van der Waals surface area contributed by atoms with Crippen molar-refractivity contribution in [2.75, 3.05) is 25.1 Å². The first-order chi connectivity index (χ1) is 10.2. The van der Waals surface area contributed by atoms with Gasteiger partial charge in [0.05, 0.1) is 18.5 Å². The van der Waals surface area contributed by atoms with Crippen LogP contribution in [0.15, 0.2) is 30.3 Å². The number of carbonyl (C=O) groups excluding carboxylic acids is 1. The molecule has 1 aromatic heterocycles. The number of anilines is 1. The number of nitrogens with zero attached hydrogens (tertiary/aromatic N) is 2. The summed E-state index contributed by atoms with van der Waals surface area (Å²) in [6, 6.07) is 10.3. The van der Waals surface area contributed by atoms with Gasteiger partial charge in [0.1, 0.15) is 0 Å². The lowest BCUT2D eigenvalue weighted by Crippen LogP contribution is -2.39. The van der Waals surface area contributed by atoms with Crippen LogP contribution < -0.4 is 4.90 Å². The van der Waals surface area contributed by atoms with Crippen molar-refractivity contribution in [3.63, 3.8) is 0 Å². The first-order valence-electron chi connectivity index (χ1n) is 7.38. The smallest absolute Gasteiger partial charge is 0.310 e. The molecule has 4 nitrogen and oxygen atoms in total. The summed E-state index contributed by atoms with van der Waals surface area (Å²) >= 11 is 0. The predicted molar refractivity (Wildman–Crippen MR) is 83.4 cm³/mol. The second-order valence-corrected chi connectivity index (χ2v) is 5.61. The normalized spacial score (nSPS) is 18.8. The van der Waals surface area contributed by atoms with Gasteiger partial charge < -0.3 is 9.64 Å². The summed E-state index contributed by atoms with van der Waals surface area (Å²) in [5.74, 6) is -0.134. The van der Waals surface area contributed by atoms with Crippen LogP contribution in [-0.4, -0.2) is 31.2 Å². The molecule has 1 atom stereocenters. The molecule has 1 fully saturated rings. The Morgan fingerprint density at radius 1 is 1.38 bits per heavy atom. The van der Waals surface area contributed by atoms with Crippen LogP contribution in [0.3, 0.4) is 0 Å². The summed E-state index contributed by atoms with van der Waals surface area (Å²) < 4.78 is 4.91. The van der Waals surface area contributed by atoms with Crippen molar-refractivity contribution in [3.8, 4) is 0 Å². The number of piperidine rings is 1. The molecule has 21 heavy (non-hydrogen) atoms. The van der Waals surface area contributed by atoms with E-state index in [-0.39, 0.29) is 11.9 Å². The van der Waals surface area contributed by atoms with Gasteiger partial charge in [-0.2, -0.15) is 0 Å². The van der Waals surface area contributed by atoms with Crippen molar-refractivity contribution in [1.29, 1.82) is 0 Å². The minimum Gasteiger partial charge on any atom is -0.469 e. The number of rotatable bonds is 2. The third kappa shape index (κ3) is 2.71. The molecule has 1 unspecified atom stereocenters. The van der Waals surface area contributed by atoms with E-state index in [0.717, 1.165) is 42.5 Å². The van der Waals surface area contributed by atoms with Gasteiger partial charge in [0, 0.05) is 29.9 Å². The number of pyridine rings is 1. The Morgan fingerprint density at radius 2 is 2.19 bits per heavy atom. The second-order valence-electron chi connectivity index (χ2n) is 5.61. The number of fused-ring (bicyclic) bond motifs is 1. The van der Waals surface area contributed by atoms with E-state index in [9.17, 15) is 4.79 Å². The first kappa shape index (κ1) is 13.9. The van der Waals surface area contributed by atoms with Gasteiger partial charge in [-0.3, -0.25) is 9.78 Å². The van der Waals surface area contributed by atoms with Crippen molar-refractivity contribution in [3.05, 3.63) is 36.0 Å². The van der Waals surface area contributed by atoms with Crippen LogP contribution >= 0.6 is 0 Å². The van der Waals surface area contributed by atoms with Crippen LogP contribution in [0, 0.1) is 12.8 Å². The maximum Gasteiger partial charge on any atom is 0.310 e. The number of para-hydroxylation sites is 1. The van der Waals surface area contributed by atoms with Crippen LogP contribution in [0.5, 0.6) is 0 Å². The molecule has 0 bridgehead atoms. The number of aryl methyl sites for hydroxylation is 1. The molecule has 110 valence electrons. The van der Waals surface area contributed by atoms with Crippen molar-refractivity contribution >= 4 is 22.6 Å². The van der Waals surface area contributed by atoms with Gasteiger partial charge in [0.15, 0.2) is 0 Å². The van der Waals surface area contributed by atoms with Crippen molar-refractivity contribution in [2.45, 2.75) is 19.8 Å². The minimum atomic E-state index is -0.102. The quantitative estimate of drug-likeness (QED) is 0.795. The van der Waals surface area contributed by atoms with Crippen LogP contribution in [0.4, 0.5) is 5.69 Å². The van der Waals surface area contributed by atoms with Gasteiger partial charge in [-0.25, -0.2) is 0 Å². The van der Waals surface area contributed by atoms with Gasteiger partial charge in [-0.05, 0) is 31.9 Å². The monoisotopic (exact) mass is 284 g/mol. The number of esters is 1. The molecule has 1 aliphatic rings. The topological polar surface area (TPSA) is 42.4 Å². The summed E-state index contributed by atoms with van der Waals surface area (Å²) in [6.45, 7) is 3.71. The largest absolute Gasteiger partial charge is 0.469 e. The second kappa shape index (κ2) is 5.72. The third-order valence-electron chi connectivity index (χ3n) is 4.12. The maximum absolute atomic E-state index is 11.8. The Morgan fingerprint density at radius 3 is 3.00 bits per heavy atom. The lowest BCUT2D eigenvalue weighted by Gasteiger charge is -2.33. The average Bonchev–Trinajstić information content (AvgIpc) is 2.53. The molecule has 2 aromatic rings. The molecule has 0 radical (unpaired) electrons. The van der Waals surface area contributed by atoms with Crippen molar-refractivity contribution in [1.82, 2.24) is 4.98 Å². The molecular weight excluding hydrogens is 264 g/mol. The van der Waals surface area contributed by atoms with Gasteiger partial charge >= 0.3 is 5.97 Å². The highest BCUT2D eigenvalue weighted by atomic mass is 16.5. The number of methoxy groups -OCH3 is 1.